The first-order valence-corrected chi connectivity index (χ1v) is 7.51. The summed E-state index contributed by atoms with van der Waals surface area (Å²) in [6.07, 6.45) is 1.10. The van der Waals surface area contributed by atoms with Crippen molar-refractivity contribution in [3.8, 4) is 11.5 Å². The monoisotopic (exact) mass is 308 g/mol. The molecule has 1 saturated heterocycles. The van der Waals surface area contributed by atoms with E-state index in [1.54, 1.807) is 7.11 Å². The Morgan fingerprint density at radius 3 is 2.77 bits per heavy atom. The number of esters is 1. The summed E-state index contributed by atoms with van der Waals surface area (Å²) < 4.78 is 15.7. The predicted octanol–water partition coefficient (Wildman–Crippen LogP) is 1.61. The number of hydrogen-bond donors (Lipinski definition) is 2. The van der Waals surface area contributed by atoms with Gasteiger partial charge in [-0.2, -0.15) is 0 Å². The Balaban J connectivity index is 1.93. The van der Waals surface area contributed by atoms with Crippen LogP contribution in [0.4, 0.5) is 0 Å². The van der Waals surface area contributed by atoms with Crippen molar-refractivity contribution in [1.29, 1.82) is 0 Å². The lowest BCUT2D eigenvalue weighted by atomic mass is 10.1. The minimum atomic E-state index is -0.224. The zero-order valence-electron chi connectivity index (χ0n) is 13.3. The quantitative estimate of drug-likeness (QED) is 0.589. The van der Waals surface area contributed by atoms with Gasteiger partial charge in [-0.05, 0) is 31.0 Å². The first-order valence-electron chi connectivity index (χ1n) is 7.51. The van der Waals surface area contributed by atoms with Crippen LogP contribution in [0.15, 0.2) is 18.2 Å². The molecule has 2 unspecified atom stereocenters. The van der Waals surface area contributed by atoms with E-state index in [-0.39, 0.29) is 12.1 Å². The summed E-state index contributed by atoms with van der Waals surface area (Å²) in [4.78, 5) is 11.0. The number of ether oxygens (including phenoxy) is 3. The third kappa shape index (κ3) is 4.35. The Morgan fingerprint density at radius 2 is 2.14 bits per heavy atom. The maximum Gasteiger partial charge on any atom is 0.305 e. The van der Waals surface area contributed by atoms with Crippen molar-refractivity contribution >= 4 is 5.97 Å². The second kappa shape index (κ2) is 8.00. The summed E-state index contributed by atoms with van der Waals surface area (Å²) in [5, 5.41) is 6.86. The molecular formula is C16H24N2O4. The van der Waals surface area contributed by atoms with E-state index in [1.807, 2.05) is 18.2 Å². The number of carbonyl (C=O) groups excluding carboxylic acids is 1. The van der Waals surface area contributed by atoms with E-state index in [0.29, 0.717) is 37.0 Å². The van der Waals surface area contributed by atoms with E-state index in [2.05, 4.69) is 22.3 Å². The summed E-state index contributed by atoms with van der Waals surface area (Å²) >= 11 is 0. The largest absolute Gasteiger partial charge is 0.493 e. The van der Waals surface area contributed by atoms with E-state index < -0.39 is 0 Å². The Labute approximate surface area is 131 Å². The molecule has 22 heavy (non-hydrogen) atoms. The highest BCUT2D eigenvalue weighted by Crippen LogP contribution is 2.30. The lowest BCUT2D eigenvalue weighted by Gasteiger charge is -2.16. The standard InChI is InChI=1S/C16H24N2O4/c1-11-10-17-16(18-11)12-6-7-13(14(9-12)20-2)22-8-4-5-15(19)21-3/h6-7,9,11,16-18H,4-5,8,10H2,1-3H3. The van der Waals surface area contributed by atoms with Gasteiger partial charge in [-0.15, -0.1) is 0 Å². The molecule has 2 N–H and O–H groups in total. The van der Waals surface area contributed by atoms with Gasteiger partial charge in [0.1, 0.15) is 0 Å². The fourth-order valence-electron chi connectivity index (χ4n) is 2.39. The average Bonchev–Trinajstić information content (AvgIpc) is 2.97. The molecule has 1 aromatic carbocycles. The van der Waals surface area contributed by atoms with Gasteiger partial charge in [-0.1, -0.05) is 6.07 Å². The number of methoxy groups -OCH3 is 2. The fourth-order valence-corrected chi connectivity index (χ4v) is 2.39. The lowest BCUT2D eigenvalue weighted by Crippen LogP contribution is -2.23. The molecule has 1 aliphatic heterocycles. The van der Waals surface area contributed by atoms with Crippen LogP contribution in [0.25, 0.3) is 0 Å². The van der Waals surface area contributed by atoms with Gasteiger partial charge in [0.05, 0.1) is 27.0 Å². The van der Waals surface area contributed by atoms with E-state index in [4.69, 9.17) is 9.47 Å². The van der Waals surface area contributed by atoms with Crippen LogP contribution in [0, 0.1) is 0 Å². The normalized spacial score (nSPS) is 20.7. The van der Waals surface area contributed by atoms with E-state index in [0.717, 1.165) is 12.1 Å². The number of nitrogens with one attached hydrogen (secondary N) is 2. The number of carbonyl (C=O) groups is 1. The second-order valence-electron chi connectivity index (χ2n) is 5.35. The number of benzene rings is 1. The van der Waals surface area contributed by atoms with Gasteiger partial charge in [-0.3, -0.25) is 15.4 Å². The molecule has 0 spiro atoms. The van der Waals surface area contributed by atoms with Crippen molar-refractivity contribution in [1.82, 2.24) is 10.6 Å². The van der Waals surface area contributed by atoms with Crippen molar-refractivity contribution in [2.75, 3.05) is 27.4 Å². The number of hydrogen-bond acceptors (Lipinski definition) is 6. The lowest BCUT2D eigenvalue weighted by molar-refractivity contribution is -0.140. The minimum Gasteiger partial charge on any atom is -0.493 e. The Morgan fingerprint density at radius 1 is 1.32 bits per heavy atom. The average molecular weight is 308 g/mol. The molecule has 2 rings (SSSR count). The zero-order valence-corrected chi connectivity index (χ0v) is 13.3. The Hall–Kier alpha value is -1.79. The SMILES string of the molecule is COC(=O)CCCOc1ccc(C2NCC(C)N2)cc1OC. The summed E-state index contributed by atoms with van der Waals surface area (Å²) in [7, 11) is 3.01. The Kier molecular flexibility index (Phi) is 6.03. The van der Waals surface area contributed by atoms with Crippen LogP contribution in [0.1, 0.15) is 31.5 Å². The second-order valence-corrected chi connectivity index (χ2v) is 5.35. The van der Waals surface area contributed by atoms with Gasteiger partial charge >= 0.3 is 5.97 Å². The van der Waals surface area contributed by atoms with Gasteiger partial charge in [-0.25, -0.2) is 0 Å². The third-order valence-corrected chi connectivity index (χ3v) is 3.61. The highest BCUT2D eigenvalue weighted by molar-refractivity contribution is 5.69. The van der Waals surface area contributed by atoms with Crippen molar-refractivity contribution in [2.45, 2.75) is 32.0 Å². The topological polar surface area (TPSA) is 68.8 Å². The molecule has 1 fully saturated rings. The molecule has 0 amide bonds. The summed E-state index contributed by atoms with van der Waals surface area (Å²) in [6, 6.07) is 6.34. The van der Waals surface area contributed by atoms with E-state index in [1.165, 1.54) is 7.11 Å². The molecule has 0 bridgehead atoms. The van der Waals surface area contributed by atoms with Gasteiger partial charge in [0.15, 0.2) is 11.5 Å². The first-order chi connectivity index (χ1) is 10.6. The van der Waals surface area contributed by atoms with Crippen LogP contribution >= 0.6 is 0 Å². The van der Waals surface area contributed by atoms with Crippen LogP contribution < -0.4 is 20.1 Å². The van der Waals surface area contributed by atoms with E-state index in [9.17, 15) is 4.79 Å². The summed E-state index contributed by atoms with van der Waals surface area (Å²) in [5.74, 6) is 1.15. The predicted molar refractivity (Wildman–Crippen MR) is 83.1 cm³/mol. The molecule has 6 heteroatoms. The van der Waals surface area contributed by atoms with E-state index >= 15 is 0 Å². The zero-order chi connectivity index (χ0) is 15.9. The highest BCUT2D eigenvalue weighted by atomic mass is 16.5. The molecule has 6 nitrogen and oxygen atoms in total. The van der Waals surface area contributed by atoms with Crippen LogP contribution in [-0.2, 0) is 9.53 Å². The highest BCUT2D eigenvalue weighted by Gasteiger charge is 2.21. The molecule has 122 valence electrons. The van der Waals surface area contributed by atoms with Crippen LogP contribution in [0.5, 0.6) is 11.5 Å². The van der Waals surface area contributed by atoms with Gasteiger partial charge in [0, 0.05) is 19.0 Å². The van der Waals surface area contributed by atoms with Crippen LogP contribution in [0.3, 0.4) is 0 Å². The summed E-state index contributed by atoms with van der Waals surface area (Å²) in [5.41, 5.74) is 1.11. The smallest absolute Gasteiger partial charge is 0.305 e. The third-order valence-electron chi connectivity index (χ3n) is 3.61. The van der Waals surface area contributed by atoms with Crippen molar-refractivity contribution < 1.29 is 19.0 Å². The van der Waals surface area contributed by atoms with Crippen LogP contribution in [-0.4, -0.2) is 39.4 Å². The maximum atomic E-state index is 11.0. The fraction of sp³-hybridized carbons (Fsp3) is 0.562. The minimum absolute atomic E-state index is 0.136. The molecule has 1 heterocycles. The summed E-state index contributed by atoms with van der Waals surface area (Å²) in [6.45, 7) is 3.53. The molecule has 0 aliphatic carbocycles. The molecule has 2 atom stereocenters. The van der Waals surface area contributed by atoms with Crippen LogP contribution in [0.2, 0.25) is 0 Å². The van der Waals surface area contributed by atoms with Gasteiger partial charge in [0.2, 0.25) is 0 Å². The first kappa shape index (κ1) is 16.6. The molecular weight excluding hydrogens is 284 g/mol. The molecule has 0 radical (unpaired) electrons. The molecule has 1 aliphatic rings. The van der Waals surface area contributed by atoms with Crippen molar-refractivity contribution in [2.24, 2.45) is 0 Å². The number of rotatable bonds is 7. The van der Waals surface area contributed by atoms with Crippen molar-refractivity contribution in [3.05, 3.63) is 23.8 Å². The molecule has 0 aromatic heterocycles. The molecule has 0 saturated carbocycles. The van der Waals surface area contributed by atoms with Gasteiger partial charge in [0.25, 0.3) is 0 Å². The van der Waals surface area contributed by atoms with Gasteiger partial charge < -0.3 is 14.2 Å². The Bertz CT molecular complexity index is 507. The molecule has 1 aromatic rings. The van der Waals surface area contributed by atoms with Crippen molar-refractivity contribution in [3.63, 3.8) is 0 Å². The maximum absolute atomic E-state index is 11.0.